The van der Waals surface area contributed by atoms with E-state index in [1.807, 2.05) is 18.2 Å². The van der Waals surface area contributed by atoms with Crippen LogP contribution >= 0.6 is 11.8 Å². The lowest BCUT2D eigenvalue weighted by Gasteiger charge is -2.16. The number of rotatable bonds is 2. The maximum Gasteiger partial charge on any atom is 0.231 e. The first-order valence-corrected chi connectivity index (χ1v) is 5.17. The fourth-order valence-corrected chi connectivity index (χ4v) is 2.11. The Morgan fingerprint density at radius 1 is 1.29 bits per heavy atom. The molecular weight excluding hydrogens is 200 g/mol. The normalized spacial score (nSPS) is 14.5. The van der Waals surface area contributed by atoms with E-state index in [1.54, 1.807) is 13.8 Å². The van der Waals surface area contributed by atoms with Crippen molar-refractivity contribution in [3.63, 3.8) is 0 Å². The van der Waals surface area contributed by atoms with E-state index >= 15 is 0 Å². The van der Waals surface area contributed by atoms with Crippen LogP contribution in [-0.4, -0.2) is 16.8 Å². The Morgan fingerprint density at radius 3 is 2.71 bits per heavy atom. The fraction of sp³-hybridized carbons (Fsp3) is 0.400. The minimum Gasteiger partial charge on any atom is -0.454 e. The molecule has 0 atom stereocenters. The largest absolute Gasteiger partial charge is 0.454 e. The summed E-state index contributed by atoms with van der Waals surface area (Å²) in [4.78, 5) is 0.204. The summed E-state index contributed by atoms with van der Waals surface area (Å²) in [7, 11) is 0. The summed E-state index contributed by atoms with van der Waals surface area (Å²) in [5.74, 6) is 1.52. The van der Waals surface area contributed by atoms with Crippen LogP contribution in [0.15, 0.2) is 23.1 Å². The highest BCUT2D eigenvalue weighted by Gasteiger charge is 2.18. The molecule has 3 nitrogen and oxygen atoms in total. The zero-order chi connectivity index (χ0) is 10.2. The van der Waals surface area contributed by atoms with Crippen molar-refractivity contribution >= 4 is 11.8 Å². The Kier molecular flexibility index (Phi) is 2.33. The molecule has 0 bridgehead atoms. The first-order valence-electron chi connectivity index (χ1n) is 4.36. The van der Waals surface area contributed by atoms with E-state index in [0.29, 0.717) is 0 Å². The summed E-state index contributed by atoms with van der Waals surface area (Å²) in [5.41, 5.74) is 0. The van der Waals surface area contributed by atoms with Crippen molar-refractivity contribution in [1.82, 2.24) is 0 Å². The number of aliphatic hydroxyl groups is 1. The van der Waals surface area contributed by atoms with E-state index in [9.17, 15) is 5.11 Å². The summed E-state index contributed by atoms with van der Waals surface area (Å²) in [6.45, 7) is 3.79. The van der Waals surface area contributed by atoms with Crippen LogP contribution in [0.2, 0.25) is 0 Å². The van der Waals surface area contributed by atoms with Gasteiger partial charge in [-0.3, -0.25) is 0 Å². The number of fused-ring (bicyclic) bond motifs is 1. The summed E-state index contributed by atoms with van der Waals surface area (Å²) >= 11 is 1.39. The highest BCUT2D eigenvalue weighted by atomic mass is 32.2. The third-order valence-electron chi connectivity index (χ3n) is 1.71. The third-order valence-corrected chi connectivity index (χ3v) is 2.70. The van der Waals surface area contributed by atoms with Crippen molar-refractivity contribution in [1.29, 1.82) is 0 Å². The lowest BCUT2D eigenvalue weighted by Crippen LogP contribution is -2.11. The van der Waals surface area contributed by atoms with Crippen LogP contribution in [0.1, 0.15) is 13.8 Å². The quantitative estimate of drug-likeness (QED) is 0.602. The molecule has 0 spiro atoms. The first-order chi connectivity index (χ1) is 6.54. The molecule has 1 aromatic rings. The smallest absolute Gasteiger partial charge is 0.231 e. The van der Waals surface area contributed by atoms with E-state index in [1.165, 1.54) is 11.8 Å². The van der Waals surface area contributed by atoms with Gasteiger partial charge in [-0.25, -0.2) is 0 Å². The average molecular weight is 212 g/mol. The van der Waals surface area contributed by atoms with Gasteiger partial charge in [-0.15, -0.1) is 0 Å². The topological polar surface area (TPSA) is 38.7 Å². The van der Waals surface area contributed by atoms with Gasteiger partial charge >= 0.3 is 0 Å². The van der Waals surface area contributed by atoms with Crippen molar-refractivity contribution in [3.05, 3.63) is 18.2 Å². The monoisotopic (exact) mass is 212 g/mol. The molecule has 0 aliphatic carbocycles. The Bertz CT molecular complexity index is 344. The van der Waals surface area contributed by atoms with E-state index in [0.717, 1.165) is 16.4 Å². The molecule has 0 amide bonds. The van der Waals surface area contributed by atoms with Gasteiger partial charge in [-0.2, -0.15) is 0 Å². The molecule has 1 aliphatic rings. The van der Waals surface area contributed by atoms with Crippen LogP contribution in [-0.2, 0) is 0 Å². The maximum absolute atomic E-state index is 9.61. The Balaban J connectivity index is 2.21. The van der Waals surface area contributed by atoms with Crippen molar-refractivity contribution in [3.8, 4) is 11.5 Å². The van der Waals surface area contributed by atoms with Crippen LogP contribution < -0.4 is 9.47 Å². The molecule has 0 fully saturated rings. The van der Waals surface area contributed by atoms with Crippen molar-refractivity contribution in [2.75, 3.05) is 6.79 Å². The van der Waals surface area contributed by atoms with Gasteiger partial charge in [0.2, 0.25) is 6.79 Å². The minimum atomic E-state index is -0.770. The Morgan fingerprint density at radius 2 is 2.00 bits per heavy atom. The van der Waals surface area contributed by atoms with Crippen molar-refractivity contribution in [2.45, 2.75) is 23.7 Å². The zero-order valence-electron chi connectivity index (χ0n) is 8.11. The van der Waals surface area contributed by atoms with E-state index in [2.05, 4.69) is 0 Å². The van der Waals surface area contributed by atoms with Gasteiger partial charge in [0.25, 0.3) is 0 Å². The molecule has 4 heteroatoms. The van der Waals surface area contributed by atoms with Gasteiger partial charge in [-0.05, 0) is 32.0 Å². The lowest BCUT2D eigenvalue weighted by atomic mass is 10.3. The van der Waals surface area contributed by atoms with Gasteiger partial charge in [-0.1, -0.05) is 11.8 Å². The van der Waals surface area contributed by atoms with Gasteiger partial charge < -0.3 is 14.6 Å². The molecule has 1 N–H and O–H groups in total. The number of ether oxygens (including phenoxy) is 2. The molecule has 0 aromatic heterocycles. The van der Waals surface area contributed by atoms with Crippen LogP contribution in [0.4, 0.5) is 0 Å². The Labute approximate surface area is 87.0 Å². The zero-order valence-corrected chi connectivity index (χ0v) is 8.93. The molecule has 14 heavy (non-hydrogen) atoms. The number of thioether (sulfide) groups is 1. The highest BCUT2D eigenvalue weighted by Crippen LogP contribution is 2.38. The summed E-state index contributed by atoms with van der Waals surface area (Å²) in [5, 5.41) is 9.61. The molecule has 76 valence electrons. The van der Waals surface area contributed by atoms with Crippen LogP contribution in [0.25, 0.3) is 0 Å². The first kappa shape index (κ1) is 9.68. The van der Waals surface area contributed by atoms with Gasteiger partial charge in [0.1, 0.15) is 4.93 Å². The second kappa shape index (κ2) is 3.37. The number of hydrogen-bond donors (Lipinski definition) is 1. The molecule has 0 unspecified atom stereocenters. The molecule has 2 rings (SSSR count). The second-order valence-corrected chi connectivity index (χ2v) is 5.24. The van der Waals surface area contributed by atoms with Crippen LogP contribution in [0, 0.1) is 0 Å². The van der Waals surface area contributed by atoms with Gasteiger partial charge in [0.05, 0.1) is 0 Å². The predicted molar refractivity (Wildman–Crippen MR) is 54.7 cm³/mol. The van der Waals surface area contributed by atoms with Crippen molar-refractivity contribution in [2.24, 2.45) is 0 Å². The molecule has 1 aliphatic heterocycles. The van der Waals surface area contributed by atoms with Gasteiger partial charge in [0.15, 0.2) is 11.5 Å². The summed E-state index contributed by atoms with van der Waals surface area (Å²) in [6, 6.07) is 5.65. The molecule has 0 saturated heterocycles. The van der Waals surface area contributed by atoms with Crippen LogP contribution in [0.3, 0.4) is 0 Å². The van der Waals surface area contributed by atoms with Crippen molar-refractivity contribution < 1.29 is 14.6 Å². The molecule has 0 radical (unpaired) electrons. The maximum atomic E-state index is 9.61. The third kappa shape index (κ3) is 2.13. The van der Waals surface area contributed by atoms with E-state index < -0.39 is 4.93 Å². The summed E-state index contributed by atoms with van der Waals surface area (Å²) < 4.78 is 10.4. The fourth-order valence-electron chi connectivity index (χ4n) is 1.23. The van der Waals surface area contributed by atoms with E-state index in [4.69, 9.17) is 9.47 Å². The molecule has 1 aromatic carbocycles. The average Bonchev–Trinajstić information content (AvgIpc) is 2.47. The highest BCUT2D eigenvalue weighted by molar-refractivity contribution is 8.00. The molecule has 1 heterocycles. The minimum absolute atomic E-state index is 0.284. The molecule has 0 saturated carbocycles. The number of benzene rings is 1. The Hall–Kier alpha value is -0.870. The van der Waals surface area contributed by atoms with Crippen LogP contribution in [0.5, 0.6) is 11.5 Å². The molecular formula is C10H12O3S. The SMILES string of the molecule is CC(C)(O)Sc1ccc2c(c1)OCO2. The summed E-state index contributed by atoms with van der Waals surface area (Å²) in [6.07, 6.45) is 0. The lowest BCUT2D eigenvalue weighted by molar-refractivity contribution is 0.174. The second-order valence-electron chi connectivity index (χ2n) is 3.56. The predicted octanol–water partition coefficient (Wildman–Crippen LogP) is 2.24. The number of hydrogen-bond acceptors (Lipinski definition) is 4. The van der Waals surface area contributed by atoms with E-state index in [-0.39, 0.29) is 6.79 Å². The van der Waals surface area contributed by atoms with Gasteiger partial charge in [0, 0.05) is 4.90 Å². The standard InChI is InChI=1S/C10H12O3S/c1-10(2,11)14-7-3-4-8-9(5-7)13-6-12-8/h3-5,11H,6H2,1-2H3.